The van der Waals surface area contributed by atoms with Crippen LogP contribution < -0.4 is 5.56 Å². The molecule has 0 saturated heterocycles. The zero-order valence-electron chi connectivity index (χ0n) is 12.2. The highest BCUT2D eigenvalue weighted by Crippen LogP contribution is 2.24. The van der Waals surface area contributed by atoms with Crippen molar-refractivity contribution < 1.29 is 9.90 Å². The first-order valence-electron chi connectivity index (χ1n) is 6.89. The van der Waals surface area contributed by atoms with Crippen LogP contribution >= 0.6 is 0 Å². The third-order valence-electron chi connectivity index (χ3n) is 3.43. The predicted molar refractivity (Wildman–Crippen MR) is 80.4 cm³/mol. The molecule has 2 rings (SSSR count). The van der Waals surface area contributed by atoms with Gasteiger partial charge in [0.05, 0.1) is 12.2 Å². The molecule has 0 radical (unpaired) electrons. The highest BCUT2D eigenvalue weighted by molar-refractivity contribution is 5.95. The smallest absolute Gasteiger partial charge is 0.261 e. The van der Waals surface area contributed by atoms with Crippen LogP contribution in [0.2, 0.25) is 0 Å². The molecule has 21 heavy (non-hydrogen) atoms. The first-order valence-corrected chi connectivity index (χ1v) is 6.89. The van der Waals surface area contributed by atoms with Crippen LogP contribution in [0.4, 0.5) is 0 Å². The Morgan fingerprint density at radius 3 is 2.52 bits per heavy atom. The van der Waals surface area contributed by atoms with Crippen molar-refractivity contribution in [1.82, 2.24) is 9.55 Å². The molecule has 0 bridgehead atoms. The zero-order chi connectivity index (χ0) is 15.4. The van der Waals surface area contributed by atoms with Gasteiger partial charge >= 0.3 is 0 Å². The standard InChI is InChI=1S/C16H18N2O3/c1-3-15-14(12-4-6-17-7-5-12)10-13(11(2)20)16(21)18(15)8-9-19/h4-7,10,19H,3,8-9H2,1-2H3. The van der Waals surface area contributed by atoms with E-state index in [9.17, 15) is 14.7 Å². The van der Waals surface area contributed by atoms with Crippen molar-refractivity contribution in [3.63, 3.8) is 0 Å². The van der Waals surface area contributed by atoms with Gasteiger partial charge < -0.3 is 9.67 Å². The lowest BCUT2D eigenvalue weighted by molar-refractivity contribution is 0.101. The Kier molecular flexibility index (Phi) is 4.65. The van der Waals surface area contributed by atoms with E-state index >= 15 is 0 Å². The van der Waals surface area contributed by atoms with Gasteiger partial charge in [0.15, 0.2) is 5.78 Å². The van der Waals surface area contributed by atoms with Gasteiger partial charge in [-0.15, -0.1) is 0 Å². The molecule has 110 valence electrons. The van der Waals surface area contributed by atoms with Crippen molar-refractivity contribution in [1.29, 1.82) is 0 Å². The number of nitrogens with zero attached hydrogens (tertiary/aromatic N) is 2. The highest BCUT2D eigenvalue weighted by atomic mass is 16.3. The van der Waals surface area contributed by atoms with Crippen LogP contribution in [0.25, 0.3) is 11.1 Å². The van der Waals surface area contributed by atoms with Crippen molar-refractivity contribution in [3.05, 3.63) is 52.2 Å². The van der Waals surface area contributed by atoms with E-state index in [1.165, 1.54) is 11.5 Å². The van der Waals surface area contributed by atoms with E-state index in [0.29, 0.717) is 6.42 Å². The predicted octanol–water partition coefficient (Wildman–Crippen LogP) is 1.67. The van der Waals surface area contributed by atoms with E-state index in [-0.39, 0.29) is 30.1 Å². The number of rotatable bonds is 5. The minimum atomic E-state index is -0.341. The van der Waals surface area contributed by atoms with Gasteiger partial charge in [0.2, 0.25) is 0 Å². The van der Waals surface area contributed by atoms with Crippen molar-refractivity contribution in [2.24, 2.45) is 0 Å². The molecule has 5 heteroatoms. The van der Waals surface area contributed by atoms with Crippen LogP contribution in [-0.4, -0.2) is 27.0 Å². The largest absolute Gasteiger partial charge is 0.395 e. The zero-order valence-corrected chi connectivity index (χ0v) is 12.2. The summed E-state index contributed by atoms with van der Waals surface area (Å²) in [5.41, 5.74) is 2.35. The molecule has 0 unspecified atom stereocenters. The number of hydrogen-bond donors (Lipinski definition) is 1. The maximum absolute atomic E-state index is 12.4. The fourth-order valence-electron chi connectivity index (χ4n) is 2.45. The molecule has 2 heterocycles. The number of carbonyl (C=O) groups is 1. The van der Waals surface area contributed by atoms with Crippen LogP contribution in [0, 0.1) is 0 Å². The van der Waals surface area contributed by atoms with Gasteiger partial charge in [0, 0.05) is 30.2 Å². The van der Waals surface area contributed by atoms with Crippen LogP contribution in [0.5, 0.6) is 0 Å². The Morgan fingerprint density at radius 2 is 2.00 bits per heavy atom. The van der Waals surface area contributed by atoms with Crippen LogP contribution in [0.3, 0.4) is 0 Å². The monoisotopic (exact) mass is 286 g/mol. The number of carbonyl (C=O) groups excluding carboxylic acids is 1. The second-order valence-corrected chi connectivity index (χ2v) is 4.74. The summed E-state index contributed by atoms with van der Waals surface area (Å²) >= 11 is 0. The normalized spacial score (nSPS) is 10.6. The fourth-order valence-corrected chi connectivity index (χ4v) is 2.45. The maximum Gasteiger partial charge on any atom is 0.261 e. The number of hydrogen-bond acceptors (Lipinski definition) is 4. The summed E-state index contributed by atoms with van der Waals surface area (Å²) in [7, 11) is 0. The molecule has 0 saturated carbocycles. The van der Waals surface area contributed by atoms with Crippen LogP contribution in [0.15, 0.2) is 35.4 Å². The molecule has 0 fully saturated rings. The summed E-state index contributed by atoms with van der Waals surface area (Å²) in [4.78, 5) is 28.1. The Labute approximate surface area is 122 Å². The van der Waals surface area contributed by atoms with Gasteiger partial charge in [-0.05, 0) is 37.1 Å². The summed E-state index contributed by atoms with van der Waals surface area (Å²) in [6.45, 7) is 3.36. The third kappa shape index (κ3) is 2.92. The summed E-state index contributed by atoms with van der Waals surface area (Å²) in [6, 6.07) is 5.32. The lowest BCUT2D eigenvalue weighted by Crippen LogP contribution is -2.30. The van der Waals surface area contributed by atoms with Crippen molar-refractivity contribution in [3.8, 4) is 11.1 Å². The minimum Gasteiger partial charge on any atom is -0.395 e. The fraction of sp³-hybridized carbons (Fsp3) is 0.312. The van der Waals surface area contributed by atoms with Crippen molar-refractivity contribution >= 4 is 5.78 Å². The van der Waals surface area contributed by atoms with Gasteiger partial charge in [-0.25, -0.2) is 0 Å². The van der Waals surface area contributed by atoms with E-state index in [2.05, 4.69) is 4.98 Å². The number of aliphatic hydroxyl groups is 1. The first kappa shape index (κ1) is 15.1. The molecular weight excluding hydrogens is 268 g/mol. The van der Waals surface area contributed by atoms with E-state index < -0.39 is 0 Å². The van der Waals surface area contributed by atoms with Gasteiger partial charge in [0.25, 0.3) is 5.56 Å². The average molecular weight is 286 g/mol. The number of aliphatic hydroxyl groups excluding tert-OH is 1. The topological polar surface area (TPSA) is 72.2 Å². The van der Waals surface area contributed by atoms with Crippen molar-refractivity contribution in [2.45, 2.75) is 26.8 Å². The molecule has 0 atom stereocenters. The third-order valence-corrected chi connectivity index (χ3v) is 3.43. The van der Waals surface area contributed by atoms with Crippen LogP contribution in [-0.2, 0) is 13.0 Å². The Morgan fingerprint density at radius 1 is 1.33 bits per heavy atom. The van der Waals surface area contributed by atoms with E-state index in [1.54, 1.807) is 18.5 Å². The molecule has 0 aliphatic rings. The van der Waals surface area contributed by atoms with E-state index in [1.807, 2.05) is 19.1 Å². The lowest BCUT2D eigenvalue weighted by Gasteiger charge is -2.17. The lowest BCUT2D eigenvalue weighted by atomic mass is 9.99. The number of pyridine rings is 2. The number of aromatic nitrogens is 2. The molecule has 2 aromatic heterocycles. The summed E-state index contributed by atoms with van der Waals surface area (Å²) in [5.74, 6) is -0.273. The molecular formula is C16H18N2O3. The van der Waals surface area contributed by atoms with Crippen molar-refractivity contribution in [2.75, 3.05) is 6.61 Å². The van der Waals surface area contributed by atoms with E-state index in [0.717, 1.165) is 16.8 Å². The summed E-state index contributed by atoms with van der Waals surface area (Å²) in [6.07, 6.45) is 3.97. The molecule has 5 nitrogen and oxygen atoms in total. The number of Topliss-reactive ketones (excluding diaryl/α,β-unsaturated/α-hetero) is 1. The Balaban J connectivity index is 2.80. The number of ketones is 1. The SMILES string of the molecule is CCc1c(-c2ccncc2)cc(C(C)=O)c(=O)n1CCO. The first-order chi connectivity index (χ1) is 10.1. The molecule has 0 spiro atoms. The maximum atomic E-state index is 12.4. The Bertz CT molecular complexity index is 705. The highest BCUT2D eigenvalue weighted by Gasteiger charge is 2.16. The van der Waals surface area contributed by atoms with E-state index in [4.69, 9.17) is 0 Å². The summed E-state index contributed by atoms with van der Waals surface area (Å²) in [5, 5.41) is 9.20. The molecule has 2 aromatic rings. The molecule has 0 amide bonds. The molecule has 0 aliphatic heterocycles. The second-order valence-electron chi connectivity index (χ2n) is 4.74. The van der Waals surface area contributed by atoms with Gasteiger partial charge in [-0.3, -0.25) is 14.6 Å². The average Bonchev–Trinajstić information content (AvgIpc) is 2.49. The quantitative estimate of drug-likeness (QED) is 0.849. The Hall–Kier alpha value is -2.27. The second kappa shape index (κ2) is 6.45. The molecule has 0 aliphatic carbocycles. The van der Waals surface area contributed by atoms with Gasteiger partial charge in [-0.2, -0.15) is 0 Å². The van der Waals surface area contributed by atoms with Gasteiger partial charge in [-0.1, -0.05) is 6.92 Å². The minimum absolute atomic E-state index is 0.146. The summed E-state index contributed by atoms with van der Waals surface area (Å²) < 4.78 is 1.49. The van der Waals surface area contributed by atoms with Crippen LogP contribution in [0.1, 0.15) is 29.9 Å². The van der Waals surface area contributed by atoms with Gasteiger partial charge in [0.1, 0.15) is 0 Å². The molecule has 0 aromatic carbocycles. The molecule has 1 N–H and O–H groups in total.